The molecule has 0 aliphatic rings. The maximum absolute atomic E-state index is 12.6. The fourth-order valence-corrected chi connectivity index (χ4v) is 2.67. The lowest BCUT2D eigenvalue weighted by atomic mass is 10.1. The van der Waals surface area contributed by atoms with Crippen molar-refractivity contribution in [1.82, 2.24) is 9.55 Å². The summed E-state index contributed by atoms with van der Waals surface area (Å²) in [5.74, 6) is 0. The van der Waals surface area contributed by atoms with Crippen LogP contribution >= 0.6 is 23.8 Å². The van der Waals surface area contributed by atoms with Crippen molar-refractivity contribution in [2.75, 3.05) is 0 Å². The maximum Gasteiger partial charge on any atom is 0.262 e. The standard InChI is InChI=1S/C16H13ClN2OS/c1-10-2-7-13-14(8-10)18-16(21)19(15(13)20)9-11-3-5-12(17)6-4-11/h2-8H,9H2,1H3,(H,18,21). The largest absolute Gasteiger partial charge is 0.332 e. The second-order valence-corrected chi connectivity index (χ2v) is 5.82. The fourth-order valence-electron chi connectivity index (χ4n) is 2.28. The first-order chi connectivity index (χ1) is 10.0. The van der Waals surface area contributed by atoms with Gasteiger partial charge in [-0.05, 0) is 54.5 Å². The third-order valence-corrected chi connectivity index (χ3v) is 3.97. The third-order valence-electron chi connectivity index (χ3n) is 3.39. The van der Waals surface area contributed by atoms with Crippen LogP contribution in [-0.2, 0) is 6.54 Å². The molecule has 2 aromatic carbocycles. The Morgan fingerprint density at radius 2 is 1.90 bits per heavy atom. The average Bonchev–Trinajstić information content (AvgIpc) is 2.45. The molecule has 0 fully saturated rings. The zero-order valence-corrected chi connectivity index (χ0v) is 13.0. The molecule has 0 atom stereocenters. The van der Waals surface area contributed by atoms with Crippen molar-refractivity contribution in [2.45, 2.75) is 13.5 Å². The lowest BCUT2D eigenvalue weighted by Gasteiger charge is -2.09. The van der Waals surface area contributed by atoms with Crippen LogP contribution < -0.4 is 5.56 Å². The van der Waals surface area contributed by atoms with Gasteiger partial charge in [0.1, 0.15) is 0 Å². The molecule has 0 spiro atoms. The predicted octanol–water partition coefficient (Wildman–Crippen LogP) is 4.07. The molecule has 0 aliphatic carbocycles. The SMILES string of the molecule is Cc1ccc2c(=O)n(Cc3ccc(Cl)cc3)c(=S)[nH]c2c1. The zero-order valence-electron chi connectivity index (χ0n) is 11.4. The monoisotopic (exact) mass is 316 g/mol. The molecule has 0 unspecified atom stereocenters. The summed E-state index contributed by atoms with van der Waals surface area (Å²) in [6, 6.07) is 13.1. The molecule has 0 amide bonds. The lowest BCUT2D eigenvalue weighted by Crippen LogP contribution is -2.22. The van der Waals surface area contributed by atoms with Gasteiger partial charge in [0.05, 0.1) is 17.4 Å². The van der Waals surface area contributed by atoms with Gasteiger partial charge in [-0.2, -0.15) is 0 Å². The smallest absolute Gasteiger partial charge is 0.262 e. The van der Waals surface area contributed by atoms with E-state index in [9.17, 15) is 4.79 Å². The molecule has 3 nitrogen and oxygen atoms in total. The summed E-state index contributed by atoms with van der Waals surface area (Å²) in [6.07, 6.45) is 0. The van der Waals surface area contributed by atoms with Crippen LogP contribution in [0.3, 0.4) is 0 Å². The number of aryl methyl sites for hydroxylation is 1. The van der Waals surface area contributed by atoms with E-state index in [2.05, 4.69) is 4.98 Å². The number of nitrogens with one attached hydrogen (secondary N) is 1. The normalized spacial score (nSPS) is 11.0. The van der Waals surface area contributed by atoms with E-state index in [1.54, 1.807) is 16.7 Å². The molecular formula is C16H13ClN2OS. The number of hydrogen-bond donors (Lipinski definition) is 1. The number of rotatable bonds is 2. The van der Waals surface area contributed by atoms with Gasteiger partial charge in [0.25, 0.3) is 5.56 Å². The molecule has 0 bridgehead atoms. The van der Waals surface area contributed by atoms with Crippen LogP contribution in [-0.4, -0.2) is 9.55 Å². The second kappa shape index (κ2) is 5.47. The van der Waals surface area contributed by atoms with Crippen LogP contribution in [0.5, 0.6) is 0 Å². The molecule has 1 N–H and O–H groups in total. The van der Waals surface area contributed by atoms with E-state index >= 15 is 0 Å². The van der Waals surface area contributed by atoms with E-state index in [4.69, 9.17) is 23.8 Å². The van der Waals surface area contributed by atoms with Gasteiger partial charge in [-0.25, -0.2) is 0 Å². The number of benzene rings is 2. The van der Waals surface area contributed by atoms with Gasteiger partial charge < -0.3 is 4.98 Å². The van der Waals surface area contributed by atoms with Gasteiger partial charge in [0.15, 0.2) is 4.77 Å². The molecule has 0 radical (unpaired) electrons. The summed E-state index contributed by atoms with van der Waals surface area (Å²) in [5, 5.41) is 1.31. The van der Waals surface area contributed by atoms with Gasteiger partial charge in [0.2, 0.25) is 0 Å². The number of halogens is 1. The van der Waals surface area contributed by atoms with Crippen LogP contribution in [0.25, 0.3) is 10.9 Å². The van der Waals surface area contributed by atoms with Crippen molar-refractivity contribution in [3.05, 3.63) is 73.7 Å². The topological polar surface area (TPSA) is 37.8 Å². The Morgan fingerprint density at radius 1 is 1.19 bits per heavy atom. The molecule has 3 aromatic rings. The van der Waals surface area contributed by atoms with Gasteiger partial charge in [-0.3, -0.25) is 9.36 Å². The van der Waals surface area contributed by atoms with E-state index in [0.29, 0.717) is 21.7 Å². The Kier molecular flexibility index (Phi) is 3.66. The molecule has 0 saturated carbocycles. The molecule has 3 rings (SSSR count). The van der Waals surface area contributed by atoms with Gasteiger partial charge in [0, 0.05) is 5.02 Å². The minimum Gasteiger partial charge on any atom is -0.332 e. The maximum atomic E-state index is 12.6. The van der Waals surface area contributed by atoms with Gasteiger partial charge >= 0.3 is 0 Å². The summed E-state index contributed by atoms with van der Waals surface area (Å²) in [5.41, 5.74) is 2.76. The predicted molar refractivity (Wildman–Crippen MR) is 88.7 cm³/mol. The van der Waals surface area contributed by atoms with Crippen molar-refractivity contribution in [3.8, 4) is 0 Å². The number of hydrogen-bond acceptors (Lipinski definition) is 2. The summed E-state index contributed by atoms with van der Waals surface area (Å²) in [6.45, 7) is 2.41. The van der Waals surface area contributed by atoms with E-state index in [1.807, 2.05) is 37.3 Å². The van der Waals surface area contributed by atoms with Gasteiger partial charge in [-0.1, -0.05) is 29.8 Å². The van der Waals surface area contributed by atoms with E-state index < -0.39 is 0 Å². The lowest BCUT2D eigenvalue weighted by molar-refractivity contribution is 0.734. The Hall–Kier alpha value is -1.91. The van der Waals surface area contributed by atoms with Crippen LogP contribution in [0.2, 0.25) is 5.02 Å². The van der Waals surface area contributed by atoms with Crippen LogP contribution in [0.1, 0.15) is 11.1 Å². The quantitative estimate of drug-likeness (QED) is 0.724. The van der Waals surface area contributed by atoms with Crippen LogP contribution in [0.15, 0.2) is 47.3 Å². The number of aromatic nitrogens is 2. The first-order valence-corrected chi connectivity index (χ1v) is 7.31. The second-order valence-electron chi connectivity index (χ2n) is 5.00. The Labute approximate surface area is 131 Å². The highest BCUT2D eigenvalue weighted by atomic mass is 35.5. The molecule has 1 aromatic heterocycles. The van der Waals surface area contributed by atoms with Crippen LogP contribution in [0.4, 0.5) is 0 Å². The molecular weight excluding hydrogens is 304 g/mol. The molecule has 0 saturated heterocycles. The highest BCUT2D eigenvalue weighted by Gasteiger charge is 2.06. The first-order valence-electron chi connectivity index (χ1n) is 6.52. The van der Waals surface area contributed by atoms with Crippen molar-refractivity contribution in [3.63, 3.8) is 0 Å². The average molecular weight is 317 g/mol. The van der Waals surface area contributed by atoms with E-state index in [0.717, 1.165) is 16.6 Å². The minimum absolute atomic E-state index is 0.0799. The number of H-pyrrole nitrogens is 1. The summed E-state index contributed by atoms with van der Waals surface area (Å²) in [4.78, 5) is 15.7. The molecule has 5 heteroatoms. The molecule has 106 valence electrons. The molecule has 1 heterocycles. The Balaban J connectivity index is 2.14. The number of aromatic amines is 1. The molecule has 21 heavy (non-hydrogen) atoms. The highest BCUT2D eigenvalue weighted by molar-refractivity contribution is 7.71. The number of fused-ring (bicyclic) bond motifs is 1. The zero-order chi connectivity index (χ0) is 15.0. The van der Waals surface area contributed by atoms with E-state index in [-0.39, 0.29) is 5.56 Å². The van der Waals surface area contributed by atoms with Crippen molar-refractivity contribution in [1.29, 1.82) is 0 Å². The highest BCUT2D eigenvalue weighted by Crippen LogP contribution is 2.12. The Bertz CT molecular complexity index is 926. The fraction of sp³-hybridized carbons (Fsp3) is 0.125. The van der Waals surface area contributed by atoms with Crippen molar-refractivity contribution in [2.24, 2.45) is 0 Å². The number of nitrogens with zero attached hydrogens (tertiary/aromatic N) is 1. The van der Waals surface area contributed by atoms with Crippen molar-refractivity contribution >= 4 is 34.7 Å². The minimum atomic E-state index is -0.0799. The summed E-state index contributed by atoms with van der Waals surface area (Å²) in [7, 11) is 0. The van der Waals surface area contributed by atoms with Crippen molar-refractivity contribution < 1.29 is 0 Å². The summed E-state index contributed by atoms with van der Waals surface area (Å²) >= 11 is 11.2. The van der Waals surface area contributed by atoms with E-state index in [1.165, 1.54) is 0 Å². The first kappa shape index (κ1) is 14.0. The van der Waals surface area contributed by atoms with Crippen LogP contribution in [0, 0.1) is 11.7 Å². The Morgan fingerprint density at radius 3 is 2.62 bits per heavy atom. The van der Waals surface area contributed by atoms with Gasteiger partial charge in [-0.15, -0.1) is 0 Å². The third kappa shape index (κ3) is 2.77. The molecule has 0 aliphatic heterocycles. The summed E-state index contributed by atoms with van der Waals surface area (Å²) < 4.78 is 1.99.